The van der Waals surface area contributed by atoms with Gasteiger partial charge in [0.05, 0.1) is 0 Å². The Hall–Kier alpha value is -0.930. The van der Waals surface area contributed by atoms with Gasteiger partial charge in [-0.3, -0.25) is 0 Å². The maximum absolute atomic E-state index is 6.27. The zero-order valence-electron chi connectivity index (χ0n) is 16.5. The van der Waals surface area contributed by atoms with E-state index < -0.39 is 0 Å². The van der Waals surface area contributed by atoms with Crippen LogP contribution in [0.1, 0.15) is 70.3 Å². The van der Waals surface area contributed by atoms with Crippen LogP contribution in [0.4, 0.5) is 0 Å². The van der Waals surface area contributed by atoms with E-state index in [-0.39, 0.29) is 0 Å². The van der Waals surface area contributed by atoms with Crippen molar-refractivity contribution in [3.8, 4) is 5.75 Å². The second-order valence-electron chi connectivity index (χ2n) is 8.59. The highest BCUT2D eigenvalue weighted by molar-refractivity contribution is 7.80. The summed E-state index contributed by atoms with van der Waals surface area (Å²) in [6, 6.07) is 8.62. The monoisotopic (exact) mass is 373 g/mol. The second-order valence-corrected chi connectivity index (χ2v) is 9.00. The summed E-state index contributed by atoms with van der Waals surface area (Å²) in [5.41, 5.74) is 7.51. The average molecular weight is 374 g/mol. The van der Waals surface area contributed by atoms with E-state index in [0.29, 0.717) is 12.0 Å². The summed E-state index contributed by atoms with van der Waals surface area (Å²) in [5, 5.41) is 0.796. The summed E-state index contributed by atoms with van der Waals surface area (Å²) in [7, 11) is 0. The number of ether oxygens (including phenoxy) is 1. The van der Waals surface area contributed by atoms with E-state index in [1.807, 2.05) is 12.1 Å². The zero-order chi connectivity index (χ0) is 18.5. The van der Waals surface area contributed by atoms with Crippen LogP contribution in [0.25, 0.3) is 0 Å². The van der Waals surface area contributed by atoms with Crippen molar-refractivity contribution in [2.45, 2.75) is 77.7 Å². The first kappa shape index (κ1) is 19.8. The van der Waals surface area contributed by atoms with Crippen LogP contribution in [0.2, 0.25) is 0 Å². The molecule has 0 amide bonds. The van der Waals surface area contributed by atoms with E-state index >= 15 is 0 Å². The van der Waals surface area contributed by atoms with Gasteiger partial charge in [0.2, 0.25) is 0 Å². The van der Waals surface area contributed by atoms with Crippen molar-refractivity contribution in [3.63, 3.8) is 0 Å². The van der Waals surface area contributed by atoms with Crippen molar-refractivity contribution in [2.75, 3.05) is 0 Å². The number of aryl methyl sites for hydroxylation is 1. The van der Waals surface area contributed by atoms with Crippen molar-refractivity contribution in [2.24, 2.45) is 29.4 Å². The molecule has 2 aliphatic rings. The normalized spacial score (nSPS) is 30.6. The van der Waals surface area contributed by atoms with Crippen LogP contribution in [-0.4, -0.2) is 11.1 Å². The lowest BCUT2D eigenvalue weighted by Crippen LogP contribution is -2.35. The molecular formula is C23H35NOS. The molecule has 2 saturated carbocycles. The molecule has 0 radical (unpaired) electrons. The topological polar surface area (TPSA) is 35.2 Å². The third-order valence-corrected chi connectivity index (χ3v) is 7.32. The molecule has 2 nitrogen and oxygen atoms in total. The molecule has 144 valence electrons. The van der Waals surface area contributed by atoms with Crippen LogP contribution in [0.3, 0.4) is 0 Å². The van der Waals surface area contributed by atoms with Gasteiger partial charge in [-0.15, -0.1) is 0 Å². The van der Waals surface area contributed by atoms with Gasteiger partial charge in [-0.25, -0.2) is 0 Å². The predicted octanol–water partition coefficient (Wildman–Crippen LogP) is 6.05. The first-order chi connectivity index (χ1) is 12.6. The molecule has 1 unspecified atom stereocenters. The van der Waals surface area contributed by atoms with E-state index in [9.17, 15) is 0 Å². The van der Waals surface area contributed by atoms with Crippen LogP contribution in [0.15, 0.2) is 24.3 Å². The van der Waals surface area contributed by atoms with E-state index in [4.69, 9.17) is 22.7 Å². The van der Waals surface area contributed by atoms with Crippen molar-refractivity contribution >= 4 is 17.3 Å². The second kappa shape index (κ2) is 9.32. The molecule has 0 spiro atoms. The molecule has 2 fully saturated rings. The molecule has 3 rings (SSSR count). The molecule has 1 aromatic carbocycles. The fraction of sp³-hybridized carbons (Fsp3) is 0.696. The standard InChI is InChI=1S/C23H35NOS/c1-3-22(24)19-10-6-17(7-11-19)18-8-12-20(13-9-18)23(26)25-21-14-4-16(2)5-15-21/h4-5,14-15,17-20,22H,3,6-13,24H2,1-2H3. The molecule has 0 aliphatic heterocycles. The summed E-state index contributed by atoms with van der Waals surface area (Å²) in [6.45, 7) is 4.31. The van der Waals surface area contributed by atoms with Crippen molar-refractivity contribution in [1.29, 1.82) is 0 Å². The highest BCUT2D eigenvalue weighted by atomic mass is 32.1. The van der Waals surface area contributed by atoms with Gasteiger partial charge in [0.1, 0.15) is 5.75 Å². The fourth-order valence-electron chi connectivity index (χ4n) is 5.01. The molecule has 1 atom stereocenters. The van der Waals surface area contributed by atoms with Gasteiger partial charge < -0.3 is 10.5 Å². The predicted molar refractivity (Wildman–Crippen MR) is 114 cm³/mol. The van der Waals surface area contributed by atoms with Gasteiger partial charge in [-0.05, 0) is 107 Å². The Bertz CT molecular complexity index is 568. The van der Waals surface area contributed by atoms with Crippen LogP contribution >= 0.6 is 12.2 Å². The largest absolute Gasteiger partial charge is 0.450 e. The molecule has 2 N–H and O–H groups in total. The van der Waals surface area contributed by atoms with Crippen LogP contribution < -0.4 is 10.5 Å². The number of rotatable bonds is 5. The summed E-state index contributed by atoms with van der Waals surface area (Å²) in [4.78, 5) is 0. The molecule has 2 aliphatic carbocycles. The molecule has 0 aromatic heterocycles. The van der Waals surface area contributed by atoms with Crippen molar-refractivity contribution in [1.82, 2.24) is 0 Å². The average Bonchev–Trinajstić information content (AvgIpc) is 2.69. The van der Waals surface area contributed by atoms with Gasteiger partial charge in [-0.1, -0.05) is 24.6 Å². The van der Waals surface area contributed by atoms with Gasteiger partial charge in [-0.2, -0.15) is 0 Å². The van der Waals surface area contributed by atoms with Gasteiger partial charge in [0, 0.05) is 12.0 Å². The van der Waals surface area contributed by atoms with Crippen LogP contribution in [0, 0.1) is 30.6 Å². The van der Waals surface area contributed by atoms with E-state index in [1.54, 1.807) is 0 Å². The maximum atomic E-state index is 6.27. The van der Waals surface area contributed by atoms with E-state index in [2.05, 4.69) is 26.0 Å². The minimum atomic E-state index is 0.419. The third-order valence-electron chi connectivity index (χ3n) is 6.90. The molecule has 1 aromatic rings. The molecule has 0 bridgehead atoms. The van der Waals surface area contributed by atoms with Crippen molar-refractivity contribution < 1.29 is 4.74 Å². The Morgan fingerprint density at radius 2 is 1.54 bits per heavy atom. The highest BCUT2D eigenvalue weighted by Gasteiger charge is 2.33. The Morgan fingerprint density at radius 3 is 2.08 bits per heavy atom. The highest BCUT2D eigenvalue weighted by Crippen LogP contribution is 2.42. The molecular weight excluding hydrogens is 338 g/mol. The van der Waals surface area contributed by atoms with Crippen molar-refractivity contribution in [3.05, 3.63) is 29.8 Å². The number of thiocarbonyl (C=S) groups is 1. The zero-order valence-corrected chi connectivity index (χ0v) is 17.3. The van der Waals surface area contributed by atoms with Gasteiger partial charge in [0.25, 0.3) is 0 Å². The Balaban J connectivity index is 1.43. The minimum absolute atomic E-state index is 0.419. The minimum Gasteiger partial charge on any atom is -0.450 e. The SMILES string of the molecule is CCC(N)C1CCC(C2CCC(C(=S)Oc3ccc(C)cc3)CC2)CC1. The van der Waals surface area contributed by atoms with E-state index in [0.717, 1.165) is 35.0 Å². The van der Waals surface area contributed by atoms with E-state index in [1.165, 1.54) is 56.9 Å². The number of benzene rings is 1. The summed E-state index contributed by atoms with van der Waals surface area (Å²) in [5.74, 6) is 3.92. The number of hydrogen-bond acceptors (Lipinski definition) is 3. The Labute approximate surface area is 164 Å². The first-order valence-electron chi connectivity index (χ1n) is 10.6. The number of nitrogens with two attached hydrogens (primary N) is 1. The molecule has 3 heteroatoms. The Kier molecular flexibility index (Phi) is 7.11. The summed E-state index contributed by atoms with van der Waals surface area (Å²) >= 11 is 5.61. The molecule has 0 saturated heterocycles. The van der Waals surface area contributed by atoms with Crippen LogP contribution in [0.5, 0.6) is 5.75 Å². The van der Waals surface area contributed by atoms with Crippen LogP contribution in [-0.2, 0) is 0 Å². The third kappa shape index (κ3) is 5.07. The summed E-state index contributed by atoms with van der Waals surface area (Å²) in [6.07, 6.45) is 11.6. The number of hydrogen-bond donors (Lipinski definition) is 1. The Morgan fingerprint density at radius 1 is 1.00 bits per heavy atom. The smallest absolute Gasteiger partial charge is 0.170 e. The fourth-order valence-corrected chi connectivity index (χ4v) is 5.34. The maximum Gasteiger partial charge on any atom is 0.170 e. The van der Waals surface area contributed by atoms with Gasteiger partial charge in [0.15, 0.2) is 5.05 Å². The lowest BCUT2D eigenvalue weighted by molar-refractivity contribution is 0.146. The quantitative estimate of drug-likeness (QED) is 0.638. The van der Waals surface area contributed by atoms with Gasteiger partial charge >= 0.3 is 0 Å². The lowest BCUT2D eigenvalue weighted by Gasteiger charge is -2.39. The molecule has 0 heterocycles. The lowest BCUT2D eigenvalue weighted by atomic mass is 9.68. The molecule has 26 heavy (non-hydrogen) atoms. The summed E-state index contributed by atoms with van der Waals surface area (Å²) < 4.78 is 5.96. The first-order valence-corrected chi connectivity index (χ1v) is 11.0.